The van der Waals surface area contributed by atoms with Crippen LogP contribution >= 0.6 is 0 Å². The molecule has 2 aromatic rings. The third-order valence-corrected chi connectivity index (χ3v) is 5.94. The molecule has 0 bridgehead atoms. The molecule has 3 rings (SSSR count). The molecule has 0 aromatic heterocycles. The summed E-state index contributed by atoms with van der Waals surface area (Å²) in [6.07, 6.45) is 1.20. The van der Waals surface area contributed by atoms with Crippen LogP contribution in [0.4, 0.5) is 13.2 Å². The first-order valence-electron chi connectivity index (χ1n) is 11.1. The minimum atomic E-state index is -4.43. The fraction of sp³-hybridized carbons (Fsp3) is 0.385. The van der Waals surface area contributed by atoms with E-state index in [1.165, 1.54) is 19.3 Å². The van der Waals surface area contributed by atoms with Crippen molar-refractivity contribution in [3.8, 4) is 17.6 Å². The molecule has 1 aliphatic carbocycles. The first-order valence-corrected chi connectivity index (χ1v) is 11.1. The molecule has 2 unspecified atom stereocenters. The lowest BCUT2D eigenvalue weighted by Crippen LogP contribution is -2.41. The number of ether oxygens (including phenoxy) is 2. The maximum Gasteiger partial charge on any atom is 0.416 e. The number of carbonyl (C=O) groups excluding carboxylic acids is 1. The van der Waals surface area contributed by atoms with Crippen molar-refractivity contribution in [1.82, 2.24) is 5.32 Å². The van der Waals surface area contributed by atoms with Gasteiger partial charge in [0.25, 0.3) is 5.91 Å². The van der Waals surface area contributed by atoms with E-state index in [1.807, 2.05) is 6.07 Å². The van der Waals surface area contributed by atoms with Gasteiger partial charge in [-0.3, -0.25) is 4.79 Å². The molecule has 1 N–H and O–H groups in total. The van der Waals surface area contributed by atoms with Crippen LogP contribution in [-0.4, -0.2) is 19.1 Å². The number of nitrogens with one attached hydrogen (secondary N) is 1. The number of hydrogen-bond donors (Lipinski definition) is 1. The highest BCUT2D eigenvalue weighted by molar-refractivity contribution is 6.01. The predicted octanol–water partition coefficient (Wildman–Crippen LogP) is 5.89. The second-order valence-electron chi connectivity index (χ2n) is 8.41. The van der Waals surface area contributed by atoms with Gasteiger partial charge in [-0.25, -0.2) is 0 Å². The molecule has 0 heterocycles. The van der Waals surface area contributed by atoms with Crippen LogP contribution in [0.2, 0.25) is 0 Å². The molecule has 34 heavy (non-hydrogen) atoms. The topological polar surface area (TPSA) is 71.3 Å². The normalized spacial score (nSPS) is 18.6. The van der Waals surface area contributed by atoms with E-state index in [0.717, 1.165) is 37.8 Å². The van der Waals surface area contributed by atoms with Crippen LogP contribution < -0.4 is 14.8 Å². The van der Waals surface area contributed by atoms with E-state index >= 15 is 0 Å². The summed E-state index contributed by atoms with van der Waals surface area (Å²) in [5.74, 6) is 0.617. The number of methoxy groups -OCH3 is 1. The molecule has 5 nitrogen and oxygen atoms in total. The number of benzene rings is 2. The van der Waals surface area contributed by atoms with Crippen LogP contribution in [0.1, 0.15) is 49.3 Å². The summed E-state index contributed by atoms with van der Waals surface area (Å²) < 4.78 is 49.8. The standard InChI is InChI=1S/C26H27F3N2O3/c1-17-6-3-4-9-22(17)31-25(32)20(15-30)12-18-10-11-23(24(14-18)33-2)34-16-19-7-5-8-21(13-19)26(27,28)29/h5,7-8,10-14,17,22H,3-4,6,9,16H2,1-2H3,(H,31,32). The maximum atomic E-state index is 12.9. The summed E-state index contributed by atoms with van der Waals surface area (Å²) in [5, 5.41) is 12.5. The average molecular weight is 473 g/mol. The number of halogens is 3. The largest absolute Gasteiger partial charge is 0.493 e. The van der Waals surface area contributed by atoms with Crippen LogP contribution in [-0.2, 0) is 17.6 Å². The monoisotopic (exact) mass is 472 g/mol. The molecule has 1 aliphatic rings. The minimum absolute atomic E-state index is 0.0162. The van der Waals surface area contributed by atoms with Crippen molar-refractivity contribution in [3.05, 3.63) is 64.7 Å². The van der Waals surface area contributed by atoms with E-state index in [0.29, 0.717) is 28.5 Å². The molecule has 0 radical (unpaired) electrons. The Bertz CT molecular complexity index is 1090. The lowest BCUT2D eigenvalue weighted by molar-refractivity contribution is -0.137. The van der Waals surface area contributed by atoms with Crippen molar-refractivity contribution in [2.24, 2.45) is 5.92 Å². The summed E-state index contributed by atoms with van der Waals surface area (Å²) in [6, 6.07) is 11.8. The van der Waals surface area contributed by atoms with Gasteiger partial charge in [-0.15, -0.1) is 0 Å². The van der Waals surface area contributed by atoms with Gasteiger partial charge in [0.15, 0.2) is 11.5 Å². The number of alkyl halides is 3. The number of rotatable bonds is 7. The van der Waals surface area contributed by atoms with Gasteiger partial charge in [-0.05, 0) is 60.2 Å². The fourth-order valence-electron chi connectivity index (χ4n) is 3.98. The zero-order valence-corrected chi connectivity index (χ0v) is 19.1. The Morgan fingerprint density at radius 2 is 1.94 bits per heavy atom. The van der Waals surface area contributed by atoms with E-state index in [4.69, 9.17) is 9.47 Å². The van der Waals surface area contributed by atoms with E-state index in [2.05, 4.69) is 12.2 Å². The summed E-state index contributed by atoms with van der Waals surface area (Å²) >= 11 is 0. The predicted molar refractivity (Wildman–Crippen MR) is 122 cm³/mol. The smallest absolute Gasteiger partial charge is 0.416 e. The Morgan fingerprint density at radius 3 is 2.62 bits per heavy atom. The Kier molecular flexibility index (Phi) is 8.21. The van der Waals surface area contributed by atoms with E-state index in [-0.39, 0.29) is 18.2 Å². The minimum Gasteiger partial charge on any atom is -0.493 e. The summed E-state index contributed by atoms with van der Waals surface area (Å²) in [6.45, 7) is 2.02. The average Bonchev–Trinajstić information content (AvgIpc) is 2.82. The lowest BCUT2D eigenvalue weighted by Gasteiger charge is -2.29. The van der Waals surface area contributed by atoms with Crippen LogP contribution in [0, 0.1) is 17.2 Å². The summed E-state index contributed by atoms with van der Waals surface area (Å²) in [4.78, 5) is 12.6. The molecule has 1 saturated carbocycles. The molecule has 0 saturated heterocycles. The molecule has 0 aliphatic heterocycles. The zero-order chi connectivity index (χ0) is 24.7. The Morgan fingerprint density at radius 1 is 1.18 bits per heavy atom. The molecule has 1 amide bonds. The van der Waals surface area contributed by atoms with E-state index < -0.39 is 17.6 Å². The molecule has 0 spiro atoms. The molecule has 2 atom stereocenters. The molecule has 2 aromatic carbocycles. The first kappa shape index (κ1) is 25.2. The number of nitriles is 1. The van der Waals surface area contributed by atoms with Crippen LogP contribution in [0.15, 0.2) is 48.0 Å². The van der Waals surface area contributed by atoms with Crippen molar-refractivity contribution in [3.63, 3.8) is 0 Å². The molecule has 180 valence electrons. The quantitative estimate of drug-likeness (QED) is 0.403. The second kappa shape index (κ2) is 11.1. The van der Waals surface area contributed by atoms with Crippen molar-refractivity contribution in [1.29, 1.82) is 5.26 Å². The number of hydrogen-bond acceptors (Lipinski definition) is 4. The van der Waals surface area contributed by atoms with Crippen LogP contribution in [0.25, 0.3) is 6.08 Å². The molecule has 8 heteroatoms. The molecular formula is C26H27F3N2O3. The molecular weight excluding hydrogens is 445 g/mol. The highest BCUT2D eigenvalue weighted by Gasteiger charge is 2.30. The number of carbonyl (C=O) groups is 1. The summed E-state index contributed by atoms with van der Waals surface area (Å²) in [7, 11) is 1.43. The summed E-state index contributed by atoms with van der Waals surface area (Å²) in [5.41, 5.74) is 0.163. The molecule has 1 fully saturated rings. The maximum absolute atomic E-state index is 12.9. The Labute approximate surface area is 197 Å². The van der Waals surface area contributed by atoms with Gasteiger partial charge in [-0.2, -0.15) is 18.4 Å². The van der Waals surface area contributed by atoms with E-state index in [9.17, 15) is 23.2 Å². The second-order valence-corrected chi connectivity index (χ2v) is 8.41. The highest BCUT2D eigenvalue weighted by Crippen LogP contribution is 2.32. The van der Waals surface area contributed by atoms with Crippen molar-refractivity contribution >= 4 is 12.0 Å². The third-order valence-electron chi connectivity index (χ3n) is 5.94. The number of amides is 1. The van der Waals surface area contributed by atoms with E-state index in [1.54, 1.807) is 24.3 Å². The zero-order valence-electron chi connectivity index (χ0n) is 19.1. The van der Waals surface area contributed by atoms with Crippen molar-refractivity contribution < 1.29 is 27.4 Å². The third kappa shape index (κ3) is 6.53. The van der Waals surface area contributed by atoms with Gasteiger partial charge in [0.1, 0.15) is 18.2 Å². The number of nitrogens with zero attached hydrogens (tertiary/aromatic N) is 1. The van der Waals surface area contributed by atoms with Crippen LogP contribution in [0.3, 0.4) is 0 Å². The highest BCUT2D eigenvalue weighted by atomic mass is 19.4. The van der Waals surface area contributed by atoms with Gasteiger partial charge < -0.3 is 14.8 Å². The SMILES string of the molecule is COc1cc(C=C(C#N)C(=O)NC2CCCCC2C)ccc1OCc1cccc(C(F)(F)F)c1. The van der Waals surface area contributed by atoms with Gasteiger partial charge >= 0.3 is 6.18 Å². The van der Waals surface area contributed by atoms with Gasteiger partial charge in [0.05, 0.1) is 12.7 Å². The van der Waals surface area contributed by atoms with Crippen molar-refractivity contribution in [2.75, 3.05) is 7.11 Å². The Balaban J connectivity index is 1.71. The van der Waals surface area contributed by atoms with Crippen molar-refractivity contribution in [2.45, 2.75) is 51.4 Å². The van der Waals surface area contributed by atoms with Gasteiger partial charge in [0, 0.05) is 6.04 Å². The van der Waals surface area contributed by atoms with Crippen LogP contribution in [0.5, 0.6) is 11.5 Å². The van der Waals surface area contributed by atoms with Gasteiger partial charge in [-0.1, -0.05) is 38.0 Å². The lowest BCUT2D eigenvalue weighted by atomic mass is 9.86. The fourth-order valence-corrected chi connectivity index (χ4v) is 3.98. The van der Waals surface area contributed by atoms with Gasteiger partial charge in [0.2, 0.25) is 0 Å². The Hall–Kier alpha value is -3.47. The first-order chi connectivity index (χ1) is 16.2.